The van der Waals surface area contributed by atoms with Crippen molar-refractivity contribution in [2.24, 2.45) is 17.8 Å². The molecule has 6 nitrogen and oxygen atoms in total. The third-order valence-electron chi connectivity index (χ3n) is 8.24. The molecule has 0 spiro atoms. The molecule has 3 fully saturated rings. The zero-order chi connectivity index (χ0) is 26.4. The smallest absolute Gasteiger partial charge is 0.256 e. The molecule has 2 bridgehead atoms. The monoisotopic (exact) mass is 524 g/mol. The Hall–Kier alpha value is -2.41. The van der Waals surface area contributed by atoms with Gasteiger partial charge < -0.3 is 24.9 Å². The van der Waals surface area contributed by atoms with Crippen LogP contribution in [0.25, 0.3) is 0 Å². The minimum absolute atomic E-state index is 0.182. The first-order chi connectivity index (χ1) is 17.5. The molecule has 2 aliphatic carbocycles. The van der Waals surface area contributed by atoms with Crippen molar-refractivity contribution in [3.05, 3.63) is 53.1 Å². The molecule has 198 valence electrons. The van der Waals surface area contributed by atoms with Crippen molar-refractivity contribution in [1.82, 2.24) is 0 Å². The molecule has 7 heteroatoms. The number of nitrogens with one attached hydrogen (secondary N) is 2. The molecule has 1 heterocycles. The molecule has 3 aliphatic rings. The fraction of sp³-hybridized carbons (Fsp3) is 0.533. The third kappa shape index (κ3) is 5.71. The fourth-order valence-electron chi connectivity index (χ4n) is 6.91. The van der Waals surface area contributed by atoms with Crippen LogP contribution in [-0.2, 0) is 24.5 Å². The van der Waals surface area contributed by atoms with Crippen molar-refractivity contribution in [2.75, 3.05) is 10.6 Å². The van der Waals surface area contributed by atoms with Crippen LogP contribution in [0.3, 0.4) is 0 Å². The summed E-state index contributed by atoms with van der Waals surface area (Å²) >= 11 is 6.75. The Balaban J connectivity index is 1.22. The van der Waals surface area contributed by atoms with Crippen LogP contribution in [0, 0.1) is 17.8 Å². The molecule has 2 aromatic rings. The number of aldehydes is 1. The molecule has 37 heavy (non-hydrogen) atoms. The Morgan fingerprint density at radius 2 is 1.62 bits per heavy atom. The number of hydrogen-bond donors (Lipinski definition) is 2. The number of amides is 1. The van der Waals surface area contributed by atoms with Gasteiger partial charge >= 0.3 is 0 Å². The Bertz CT molecular complexity index is 1150. The van der Waals surface area contributed by atoms with Crippen molar-refractivity contribution >= 4 is 40.9 Å². The first-order valence-corrected chi connectivity index (χ1v) is 13.7. The van der Waals surface area contributed by atoms with Gasteiger partial charge in [0.25, 0.3) is 5.91 Å². The second kappa shape index (κ2) is 10.0. The number of fused-ring (bicyclic) bond motifs is 2. The van der Waals surface area contributed by atoms with Crippen molar-refractivity contribution in [2.45, 2.75) is 83.2 Å². The average molecular weight is 525 g/mol. The van der Waals surface area contributed by atoms with Gasteiger partial charge in [-0.25, -0.2) is 0 Å². The molecule has 2 aromatic carbocycles. The van der Waals surface area contributed by atoms with E-state index in [0.29, 0.717) is 17.0 Å². The Kier molecular flexibility index (Phi) is 7.12. The van der Waals surface area contributed by atoms with Crippen LogP contribution in [0.4, 0.5) is 17.1 Å². The summed E-state index contributed by atoms with van der Waals surface area (Å²) in [4.78, 5) is 23.9. The van der Waals surface area contributed by atoms with Gasteiger partial charge in [-0.1, -0.05) is 31.5 Å². The normalized spacial score (nSPS) is 32.5. The second-order valence-corrected chi connectivity index (χ2v) is 12.5. The van der Waals surface area contributed by atoms with E-state index in [1.807, 2.05) is 12.1 Å². The molecule has 1 amide bonds. The van der Waals surface area contributed by atoms with E-state index in [1.54, 1.807) is 26.0 Å². The van der Waals surface area contributed by atoms with Crippen LogP contribution < -0.4 is 10.6 Å². The Morgan fingerprint density at radius 1 is 0.973 bits per heavy atom. The van der Waals surface area contributed by atoms with Crippen LogP contribution in [0.2, 0.25) is 5.02 Å². The maximum Gasteiger partial charge on any atom is 0.256 e. The number of benzene rings is 2. The lowest BCUT2D eigenvalue weighted by Gasteiger charge is -2.47. The zero-order valence-corrected chi connectivity index (χ0v) is 22.8. The van der Waals surface area contributed by atoms with Crippen molar-refractivity contribution < 1.29 is 19.1 Å². The number of halogens is 1. The lowest BCUT2D eigenvalue weighted by Crippen LogP contribution is -2.38. The molecule has 5 rings (SSSR count). The number of hydrogen-bond acceptors (Lipinski definition) is 5. The van der Waals surface area contributed by atoms with Crippen LogP contribution in [0.15, 0.2) is 42.5 Å². The predicted octanol–water partition coefficient (Wildman–Crippen LogP) is 6.85. The van der Waals surface area contributed by atoms with Gasteiger partial charge in [0, 0.05) is 11.4 Å². The first kappa shape index (κ1) is 26.2. The standard InChI is InChI=1S/C30H37ClN2O4/c1-18-11-19-13-20(12-18)16-30(4,15-19)21-5-10-25(24(31)14-21)32-22-6-8-23(9-7-22)33-28(35)27-26(17-34)36-29(2,3)37-27/h5-10,14,17-20,26-27,32H,11-13,15-16H2,1-4H3,(H,33,35). The maximum atomic E-state index is 12.7. The molecule has 4 unspecified atom stereocenters. The van der Waals surface area contributed by atoms with Gasteiger partial charge in [-0.15, -0.1) is 0 Å². The largest absolute Gasteiger partial charge is 0.354 e. The predicted molar refractivity (Wildman–Crippen MR) is 146 cm³/mol. The SMILES string of the molecule is CC1CC2CC(C1)CC(C)(c1ccc(Nc3ccc(NC(=O)C4OC(C)(C)OC4C=O)cc3)c(Cl)c1)C2. The van der Waals surface area contributed by atoms with Crippen molar-refractivity contribution in [1.29, 1.82) is 0 Å². The molecule has 1 saturated heterocycles. The van der Waals surface area contributed by atoms with Crippen molar-refractivity contribution in [3.8, 4) is 0 Å². The van der Waals surface area contributed by atoms with Gasteiger partial charge in [0.1, 0.15) is 0 Å². The van der Waals surface area contributed by atoms with Crippen molar-refractivity contribution in [3.63, 3.8) is 0 Å². The molecule has 4 atom stereocenters. The van der Waals surface area contributed by atoms with E-state index < -0.39 is 23.9 Å². The van der Waals surface area contributed by atoms with E-state index >= 15 is 0 Å². The van der Waals surface area contributed by atoms with Gasteiger partial charge in [-0.2, -0.15) is 0 Å². The van der Waals surface area contributed by atoms with E-state index in [4.69, 9.17) is 21.1 Å². The van der Waals surface area contributed by atoms with Crippen LogP contribution in [0.5, 0.6) is 0 Å². The molecular weight excluding hydrogens is 488 g/mol. The Morgan fingerprint density at radius 3 is 2.24 bits per heavy atom. The number of ether oxygens (including phenoxy) is 2. The molecule has 0 radical (unpaired) electrons. The summed E-state index contributed by atoms with van der Waals surface area (Å²) in [7, 11) is 0. The van der Waals surface area contributed by atoms with Crippen LogP contribution in [0.1, 0.15) is 65.4 Å². The van der Waals surface area contributed by atoms with Crippen LogP contribution in [-0.4, -0.2) is 30.2 Å². The summed E-state index contributed by atoms with van der Waals surface area (Å²) < 4.78 is 11.1. The highest BCUT2D eigenvalue weighted by Crippen LogP contribution is 2.51. The molecule has 2 N–H and O–H groups in total. The molecule has 0 aromatic heterocycles. The van der Waals surface area contributed by atoms with E-state index in [0.717, 1.165) is 29.1 Å². The summed E-state index contributed by atoms with van der Waals surface area (Å²) in [5, 5.41) is 6.90. The lowest BCUT2D eigenvalue weighted by molar-refractivity contribution is -0.154. The van der Waals surface area contributed by atoms with Gasteiger partial charge in [0.05, 0.1) is 10.7 Å². The quantitative estimate of drug-likeness (QED) is 0.404. The van der Waals surface area contributed by atoms with Gasteiger partial charge in [0.15, 0.2) is 24.3 Å². The highest BCUT2D eigenvalue weighted by Gasteiger charge is 2.45. The molecular formula is C30H37ClN2O4. The lowest BCUT2D eigenvalue weighted by atomic mass is 9.57. The molecule has 1 aliphatic heterocycles. The van der Waals surface area contributed by atoms with Crippen LogP contribution >= 0.6 is 11.6 Å². The second-order valence-electron chi connectivity index (χ2n) is 12.1. The van der Waals surface area contributed by atoms with Gasteiger partial charge in [0.2, 0.25) is 0 Å². The summed E-state index contributed by atoms with van der Waals surface area (Å²) in [5.41, 5.74) is 3.82. The average Bonchev–Trinajstić information content (AvgIpc) is 3.15. The number of rotatable bonds is 6. The van der Waals surface area contributed by atoms with E-state index in [1.165, 1.54) is 37.7 Å². The number of anilines is 3. The summed E-state index contributed by atoms with van der Waals surface area (Å²) in [6.07, 6.45) is 5.26. The van der Waals surface area contributed by atoms with E-state index in [9.17, 15) is 9.59 Å². The van der Waals surface area contributed by atoms with E-state index in [2.05, 4.69) is 42.7 Å². The molecule has 2 saturated carbocycles. The minimum atomic E-state index is -0.989. The third-order valence-corrected chi connectivity index (χ3v) is 8.55. The van der Waals surface area contributed by atoms with E-state index in [-0.39, 0.29) is 5.41 Å². The number of carbonyl (C=O) groups excluding carboxylic acids is 2. The summed E-state index contributed by atoms with van der Waals surface area (Å²) in [6.45, 7) is 8.17. The summed E-state index contributed by atoms with van der Waals surface area (Å²) in [6, 6.07) is 13.8. The minimum Gasteiger partial charge on any atom is -0.354 e. The highest BCUT2D eigenvalue weighted by atomic mass is 35.5. The maximum absolute atomic E-state index is 12.7. The highest BCUT2D eigenvalue weighted by molar-refractivity contribution is 6.33. The summed E-state index contributed by atoms with van der Waals surface area (Å²) in [5.74, 6) is 1.10. The topological polar surface area (TPSA) is 76.7 Å². The Labute approximate surface area is 224 Å². The number of carbonyl (C=O) groups is 2. The van der Waals surface area contributed by atoms with Gasteiger partial charge in [-0.05, 0) is 111 Å². The zero-order valence-electron chi connectivity index (χ0n) is 22.1. The fourth-order valence-corrected chi connectivity index (χ4v) is 7.14. The van der Waals surface area contributed by atoms with Gasteiger partial charge in [-0.3, -0.25) is 4.79 Å². The first-order valence-electron chi connectivity index (χ1n) is 13.3.